The second-order valence-electron chi connectivity index (χ2n) is 9.20. The minimum Gasteiger partial charge on any atom is -0.451 e. The lowest BCUT2D eigenvalue weighted by molar-refractivity contribution is -0.228. The molecule has 4 rings (SSSR count). The first kappa shape index (κ1) is 26.8. The molecule has 0 saturated heterocycles. The van der Waals surface area contributed by atoms with Crippen LogP contribution in [0.4, 0.5) is 30.7 Å². The number of hydrogen-bond acceptors (Lipinski definition) is 1. The molecule has 0 spiro atoms. The van der Waals surface area contributed by atoms with Crippen molar-refractivity contribution in [3.63, 3.8) is 0 Å². The highest BCUT2D eigenvalue weighted by molar-refractivity contribution is 5.77. The zero-order valence-corrected chi connectivity index (χ0v) is 20.3. The molecule has 1 aliphatic carbocycles. The molecule has 0 radical (unpaired) electrons. The number of ether oxygens (including phenoxy) is 1. The molecule has 0 fully saturated rings. The molecule has 0 bridgehead atoms. The molecule has 1 atom stereocenters. The number of aryl methyl sites for hydroxylation is 2. The van der Waals surface area contributed by atoms with Crippen molar-refractivity contribution < 1.29 is 35.5 Å². The molecular weight excluding hydrogens is 497 g/mol. The van der Waals surface area contributed by atoms with Crippen molar-refractivity contribution in [2.75, 3.05) is 0 Å². The highest BCUT2D eigenvalue weighted by atomic mass is 19.3. The number of benzene rings is 3. The zero-order chi connectivity index (χ0) is 27.2. The van der Waals surface area contributed by atoms with Gasteiger partial charge >= 0.3 is 11.8 Å². The fourth-order valence-electron chi connectivity index (χ4n) is 4.60. The molecule has 1 unspecified atom stereocenters. The van der Waals surface area contributed by atoms with Gasteiger partial charge in [0.15, 0.2) is 11.6 Å². The van der Waals surface area contributed by atoms with E-state index in [0.29, 0.717) is 19.3 Å². The Hall–Kier alpha value is -3.29. The number of fused-ring (bicyclic) bond motifs is 3. The molecule has 1 aliphatic rings. The van der Waals surface area contributed by atoms with Crippen molar-refractivity contribution in [3.8, 4) is 16.9 Å². The predicted octanol–water partition coefficient (Wildman–Crippen LogP) is 9.12. The first-order valence-electron chi connectivity index (χ1n) is 11.9. The Balaban J connectivity index is 1.78. The first-order chi connectivity index (χ1) is 17.4. The van der Waals surface area contributed by atoms with Gasteiger partial charge in [-0.1, -0.05) is 55.8 Å². The largest absolute Gasteiger partial charge is 0.451 e. The minimum atomic E-state index is -5.12. The summed E-state index contributed by atoms with van der Waals surface area (Å²) < 4.78 is 112. The van der Waals surface area contributed by atoms with Crippen LogP contribution >= 0.6 is 0 Å². The molecule has 0 saturated carbocycles. The molecule has 0 aliphatic heterocycles. The Kier molecular flexibility index (Phi) is 6.90. The van der Waals surface area contributed by atoms with Crippen molar-refractivity contribution in [1.82, 2.24) is 0 Å². The first-order valence-corrected chi connectivity index (χ1v) is 11.9. The SMILES string of the molecule is C=CCCc1ccc(C(C)(F)Oc2ccc3c(c2F)C(F)(F)C(F)(F)c2c-3ccc(CCC)c2F)cc1. The molecule has 8 heteroatoms. The molecule has 3 aromatic rings. The lowest BCUT2D eigenvalue weighted by Crippen LogP contribution is -2.41. The summed E-state index contributed by atoms with van der Waals surface area (Å²) in [7, 11) is 0. The van der Waals surface area contributed by atoms with Gasteiger partial charge in [-0.3, -0.25) is 0 Å². The Morgan fingerprint density at radius 2 is 1.41 bits per heavy atom. The van der Waals surface area contributed by atoms with Gasteiger partial charge in [0.1, 0.15) is 5.82 Å². The van der Waals surface area contributed by atoms with Crippen LogP contribution in [0.3, 0.4) is 0 Å². The lowest BCUT2D eigenvalue weighted by Gasteiger charge is -2.36. The van der Waals surface area contributed by atoms with Crippen LogP contribution in [0, 0.1) is 11.6 Å². The summed E-state index contributed by atoms with van der Waals surface area (Å²) in [5.74, 6) is -17.1. The molecule has 0 N–H and O–H groups in total. The summed E-state index contributed by atoms with van der Waals surface area (Å²) in [6.45, 7) is 6.27. The highest BCUT2D eigenvalue weighted by Crippen LogP contribution is 2.60. The maximum Gasteiger partial charge on any atom is 0.343 e. The summed E-state index contributed by atoms with van der Waals surface area (Å²) in [5.41, 5.74) is -3.58. The fourth-order valence-corrected chi connectivity index (χ4v) is 4.60. The summed E-state index contributed by atoms with van der Waals surface area (Å²) in [5, 5.41) is 0. The van der Waals surface area contributed by atoms with Crippen molar-refractivity contribution in [2.45, 2.75) is 57.2 Å². The van der Waals surface area contributed by atoms with E-state index in [1.165, 1.54) is 18.2 Å². The van der Waals surface area contributed by atoms with Gasteiger partial charge in [-0.2, -0.15) is 22.0 Å². The normalized spacial score (nSPS) is 16.9. The molecule has 0 amide bonds. The monoisotopic (exact) mass is 522 g/mol. The predicted molar refractivity (Wildman–Crippen MR) is 128 cm³/mol. The Morgan fingerprint density at radius 1 is 0.838 bits per heavy atom. The van der Waals surface area contributed by atoms with Crippen LogP contribution in [0.25, 0.3) is 11.1 Å². The summed E-state index contributed by atoms with van der Waals surface area (Å²) in [6.07, 6.45) is 3.57. The van der Waals surface area contributed by atoms with E-state index in [-0.39, 0.29) is 17.5 Å². The van der Waals surface area contributed by atoms with Crippen molar-refractivity contribution in [1.29, 1.82) is 0 Å². The quantitative estimate of drug-likeness (QED) is 0.212. The van der Waals surface area contributed by atoms with E-state index in [1.54, 1.807) is 25.1 Å². The summed E-state index contributed by atoms with van der Waals surface area (Å²) >= 11 is 0. The van der Waals surface area contributed by atoms with Gasteiger partial charge in [-0.25, -0.2) is 8.78 Å². The Labute approximate surface area is 210 Å². The number of hydrogen-bond donors (Lipinski definition) is 0. The average molecular weight is 523 g/mol. The number of alkyl halides is 5. The van der Waals surface area contributed by atoms with Crippen LogP contribution in [-0.2, 0) is 30.5 Å². The molecule has 0 aromatic heterocycles. The fraction of sp³-hybridized carbons (Fsp3) is 0.310. The average Bonchev–Trinajstić information content (AvgIpc) is 2.84. The van der Waals surface area contributed by atoms with Gasteiger partial charge < -0.3 is 4.74 Å². The summed E-state index contributed by atoms with van der Waals surface area (Å²) in [4.78, 5) is 0. The van der Waals surface area contributed by atoms with E-state index in [4.69, 9.17) is 4.74 Å². The van der Waals surface area contributed by atoms with E-state index in [9.17, 15) is 4.39 Å². The third-order valence-corrected chi connectivity index (χ3v) is 6.57. The second kappa shape index (κ2) is 9.54. The van der Waals surface area contributed by atoms with Crippen LogP contribution < -0.4 is 4.74 Å². The van der Waals surface area contributed by atoms with Crippen LogP contribution in [0.5, 0.6) is 5.75 Å². The topological polar surface area (TPSA) is 9.23 Å². The van der Waals surface area contributed by atoms with Gasteiger partial charge in [0.2, 0.25) is 0 Å². The standard InChI is InChI=1S/C29H25F7O/c1-4-6-8-17-9-12-19(13-10-17)27(3,32)37-22-16-15-21-20-14-11-18(7-5-2)25(30)23(20)28(33,34)29(35,36)24(21)26(22)31/h4,9-16H,1,5-8H2,2-3H3. The lowest BCUT2D eigenvalue weighted by atomic mass is 9.78. The van der Waals surface area contributed by atoms with Crippen LogP contribution in [-0.4, -0.2) is 0 Å². The molecule has 196 valence electrons. The Bertz CT molecular complexity index is 1330. The molecule has 0 heterocycles. The van der Waals surface area contributed by atoms with Gasteiger partial charge in [-0.05, 0) is 53.6 Å². The van der Waals surface area contributed by atoms with E-state index in [1.807, 2.05) is 0 Å². The number of rotatable bonds is 8. The second-order valence-corrected chi connectivity index (χ2v) is 9.20. The summed E-state index contributed by atoms with van der Waals surface area (Å²) in [6, 6.07) is 10.2. The molecule has 37 heavy (non-hydrogen) atoms. The maximum atomic E-state index is 15.5. The van der Waals surface area contributed by atoms with Crippen molar-refractivity contribution >= 4 is 0 Å². The van der Waals surface area contributed by atoms with Gasteiger partial charge in [0.05, 0.1) is 11.1 Å². The third-order valence-electron chi connectivity index (χ3n) is 6.57. The van der Waals surface area contributed by atoms with E-state index in [2.05, 4.69) is 6.58 Å². The maximum absolute atomic E-state index is 15.5. The van der Waals surface area contributed by atoms with E-state index in [0.717, 1.165) is 30.7 Å². The van der Waals surface area contributed by atoms with Crippen LogP contribution in [0.1, 0.15) is 54.5 Å². The third kappa shape index (κ3) is 4.40. The number of halogens is 7. The van der Waals surface area contributed by atoms with Gasteiger partial charge in [0, 0.05) is 12.5 Å². The Morgan fingerprint density at radius 3 is 1.97 bits per heavy atom. The van der Waals surface area contributed by atoms with Gasteiger partial charge in [-0.15, -0.1) is 6.58 Å². The highest BCUT2D eigenvalue weighted by Gasteiger charge is 2.65. The minimum absolute atomic E-state index is 0.0278. The smallest absolute Gasteiger partial charge is 0.343 e. The van der Waals surface area contributed by atoms with Crippen molar-refractivity contribution in [2.24, 2.45) is 0 Å². The van der Waals surface area contributed by atoms with Gasteiger partial charge in [0.25, 0.3) is 5.85 Å². The molecule has 3 aromatic carbocycles. The van der Waals surface area contributed by atoms with E-state index >= 15 is 26.3 Å². The molecular formula is C29H25F7O. The van der Waals surface area contributed by atoms with Crippen LogP contribution in [0.15, 0.2) is 61.2 Å². The van der Waals surface area contributed by atoms with E-state index < -0.39 is 57.3 Å². The number of allylic oxidation sites excluding steroid dienone is 1. The van der Waals surface area contributed by atoms with Crippen LogP contribution in [0.2, 0.25) is 0 Å². The molecule has 1 nitrogen and oxygen atoms in total. The van der Waals surface area contributed by atoms with Crippen molar-refractivity contribution in [3.05, 3.63) is 101 Å². The zero-order valence-electron chi connectivity index (χ0n) is 20.3.